The van der Waals surface area contributed by atoms with Crippen LogP contribution in [0.25, 0.3) is 11.3 Å². The van der Waals surface area contributed by atoms with Crippen molar-refractivity contribution in [3.05, 3.63) is 41.0 Å². The number of halogens is 1. The van der Waals surface area contributed by atoms with E-state index >= 15 is 0 Å². The Labute approximate surface area is 111 Å². The van der Waals surface area contributed by atoms with Crippen LogP contribution in [0.3, 0.4) is 0 Å². The Bertz CT molecular complexity index is 564. The van der Waals surface area contributed by atoms with Gasteiger partial charge in [0.05, 0.1) is 11.1 Å². The second kappa shape index (κ2) is 4.58. The molecule has 2 aromatic rings. The summed E-state index contributed by atoms with van der Waals surface area (Å²) in [7, 11) is 0. The van der Waals surface area contributed by atoms with E-state index in [-0.39, 0.29) is 5.54 Å². The number of rotatable bonds is 2. The van der Waals surface area contributed by atoms with E-state index in [4.69, 9.17) is 11.6 Å². The van der Waals surface area contributed by atoms with Gasteiger partial charge in [0.1, 0.15) is 5.69 Å². The minimum atomic E-state index is -0.150. The first-order valence-electron chi connectivity index (χ1n) is 5.73. The first kappa shape index (κ1) is 12.8. The Morgan fingerprint density at radius 1 is 1.22 bits per heavy atom. The van der Waals surface area contributed by atoms with E-state index in [2.05, 4.69) is 5.10 Å². The molecule has 1 heterocycles. The molecule has 1 aromatic heterocycles. The Morgan fingerprint density at radius 3 is 2.33 bits per heavy atom. The Balaban J connectivity index is 2.53. The number of carbonyl (C=O) groups is 1. The molecule has 0 unspecified atom stereocenters. The lowest BCUT2D eigenvalue weighted by Crippen LogP contribution is -2.22. The van der Waals surface area contributed by atoms with Crippen molar-refractivity contribution < 1.29 is 4.79 Å². The summed E-state index contributed by atoms with van der Waals surface area (Å²) < 4.78 is 1.81. The van der Waals surface area contributed by atoms with Gasteiger partial charge in [0.25, 0.3) is 0 Å². The molecule has 0 bridgehead atoms. The molecule has 1 aromatic carbocycles. The van der Waals surface area contributed by atoms with Crippen molar-refractivity contribution in [2.75, 3.05) is 0 Å². The summed E-state index contributed by atoms with van der Waals surface area (Å²) in [6.45, 7) is 6.13. The van der Waals surface area contributed by atoms with Gasteiger partial charge >= 0.3 is 0 Å². The van der Waals surface area contributed by atoms with Crippen LogP contribution in [0.1, 0.15) is 31.1 Å². The van der Waals surface area contributed by atoms with E-state index in [1.807, 2.05) is 32.9 Å². The predicted octanol–water partition coefficient (Wildman–Crippen LogP) is 3.77. The Hall–Kier alpha value is -1.61. The van der Waals surface area contributed by atoms with Crippen LogP contribution in [0.2, 0.25) is 5.02 Å². The van der Waals surface area contributed by atoms with Crippen molar-refractivity contribution in [1.82, 2.24) is 9.78 Å². The van der Waals surface area contributed by atoms with Crippen LogP contribution in [-0.2, 0) is 5.54 Å². The summed E-state index contributed by atoms with van der Waals surface area (Å²) in [6, 6.07) is 7.32. The van der Waals surface area contributed by atoms with Crippen molar-refractivity contribution in [3.8, 4) is 11.3 Å². The third-order valence-electron chi connectivity index (χ3n) is 2.67. The van der Waals surface area contributed by atoms with Crippen molar-refractivity contribution in [2.24, 2.45) is 0 Å². The first-order chi connectivity index (χ1) is 8.41. The van der Waals surface area contributed by atoms with Crippen LogP contribution in [-0.4, -0.2) is 16.1 Å². The van der Waals surface area contributed by atoms with Gasteiger partial charge < -0.3 is 0 Å². The molecule has 0 spiro atoms. The third kappa shape index (κ3) is 2.46. The third-order valence-corrected chi connectivity index (χ3v) is 2.93. The highest BCUT2D eigenvalue weighted by Gasteiger charge is 2.18. The molecule has 0 aliphatic carbocycles. The summed E-state index contributed by atoms with van der Waals surface area (Å²) in [5.74, 6) is 0. The van der Waals surface area contributed by atoms with Gasteiger partial charge in [-0.15, -0.1) is 0 Å². The molecule has 0 aliphatic rings. The minimum Gasteiger partial charge on any atom is -0.298 e. The average molecular weight is 263 g/mol. The standard InChI is InChI=1S/C14H15ClN2O/c1-14(2,3)17-8-11(9-18)13(16-17)10-4-6-12(15)7-5-10/h4-9H,1-3H3. The summed E-state index contributed by atoms with van der Waals surface area (Å²) in [5.41, 5.74) is 2.02. The van der Waals surface area contributed by atoms with Crippen molar-refractivity contribution in [3.63, 3.8) is 0 Å². The highest BCUT2D eigenvalue weighted by Crippen LogP contribution is 2.25. The van der Waals surface area contributed by atoms with E-state index in [9.17, 15) is 4.79 Å². The van der Waals surface area contributed by atoms with Crippen molar-refractivity contribution in [1.29, 1.82) is 0 Å². The quantitative estimate of drug-likeness (QED) is 0.772. The molecular formula is C14H15ClN2O. The molecule has 0 saturated carbocycles. The number of benzene rings is 1. The van der Waals surface area contributed by atoms with Crippen LogP contribution in [0, 0.1) is 0 Å². The lowest BCUT2D eigenvalue weighted by Gasteiger charge is -2.18. The lowest BCUT2D eigenvalue weighted by atomic mass is 10.1. The number of carbonyl (C=O) groups excluding carboxylic acids is 1. The van der Waals surface area contributed by atoms with Crippen molar-refractivity contribution in [2.45, 2.75) is 26.3 Å². The summed E-state index contributed by atoms with van der Waals surface area (Å²) >= 11 is 5.86. The molecule has 0 amide bonds. The highest BCUT2D eigenvalue weighted by molar-refractivity contribution is 6.30. The molecule has 0 atom stereocenters. The zero-order chi connectivity index (χ0) is 13.3. The van der Waals surface area contributed by atoms with Gasteiger partial charge in [0, 0.05) is 16.8 Å². The summed E-state index contributed by atoms with van der Waals surface area (Å²) in [4.78, 5) is 11.1. The molecular weight excluding hydrogens is 248 g/mol. The molecule has 94 valence electrons. The lowest BCUT2D eigenvalue weighted by molar-refractivity contribution is 0.112. The van der Waals surface area contributed by atoms with E-state index in [0.29, 0.717) is 16.3 Å². The van der Waals surface area contributed by atoms with Crippen LogP contribution in [0.15, 0.2) is 30.5 Å². The van der Waals surface area contributed by atoms with Gasteiger partial charge in [-0.25, -0.2) is 0 Å². The molecule has 2 rings (SSSR count). The number of aromatic nitrogens is 2. The van der Waals surface area contributed by atoms with Crippen LogP contribution >= 0.6 is 11.6 Å². The Kier molecular flexibility index (Phi) is 3.26. The van der Waals surface area contributed by atoms with E-state index in [1.165, 1.54) is 0 Å². The van der Waals surface area contributed by atoms with E-state index in [1.54, 1.807) is 23.0 Å². The fourth-order valence-corrected chi connectivity index (χ4v) is 1.78. The maximum absolute atomic E-state index is 11.1. The molecule has 0 aliphatic heterocycles. The normalized spacial score (nSPS) is 11.6. The molecule has 0 N–H and O–H groups in total. The molecule has 0 radical (unpaired) electrons. The molecule has 3 nitrogen and oxygen atoms in total. The highest BCUT2D eigenvalue weighted by atomic mass is 35.5. The Morgan fingerprint density at radius 2 is 1.83 bits per heavy atom. The number of hydrogen-bond acceptors (Lipinski definition) is 2. The second-order valence-electron chi connectivity index (χ2n) is 5.17. The predicted molar refractivity (Wildman–Crippen MR) is 73.1 cm³/mol. The van der Waals surface area contributed by atoms with Crippen LogP contribution < -0.4 is 0 Å². The van der Waals surface area contributed by atoms with E-state index in [0.717, 1.165) is 11.8 Å². The summed E-state index contributed by atoms with van der Waals surface area (Å²) in [6.07, 6.45) is 2.61. The van der Waals surface area contributed by atoms with Gasteiger partial charge in [0.2, 0.25) is 0 Å². The monoisotopic (exact) mass is 262 g/mol. The van der Waals surface area contributed by atoms with Gasteiger partial charge in [0.15, 0.2) is 6.29 Å². The molecule has 0 saturated heterocycles. The molecule has 0 fully saturated rings. The SMILES string of the molecule is CC(C)(C)n1cc(C=O)c(-c2ccc(Cl)cc2)n1. The van der Waals surface area contributed by atoms with E-state index < -0.39 is 0 Å². The van der Waals surface area contributed by atoms with Gasteiger partial charge in [-0.05, 0) is 32.9 Å². The van der Waals surface area contributed by atoms with Crippen LogP contribution in [0.5, 0.6) is 0 Å². The maximum atomic E-state index is 11.1. The second-order valence-corrected chi connectivity index (χ2v) is 5.61. The maximum Gasteiger partial charge on any atom is 0.153 e. The zero-order valence-corrected chi connectivity index (χ0v) is 11.4. The first-order valence-corrected chi connectivity index (χ1v) is 6.11. The fraction of sp³-hybridized carbons (Fsp3) is 0.286. The molecule has 4 heteroatoms. The fourth-order valence-electron chi connectivity index (χ4n) is 1.65. The average Bonchev–Trinajstić information content (AvgIpc) is 2.73. The largest absolute Gasteiger partial charge is 0.298 e. The zero-order valence-electron chi connectivity index (χ0n) is 10.6. The number of hydrogen-bond donors (Lipinski definition) is 0. The number of aldehydes is 1. The van der Waals surface area contributed by atoms with Gasteiger partial charge in [-0.2, -0.15) is 5.10 Å². The summed E-state index contributed by atoms with van der Waals surface area (Å²) in [5, 5.41) is 5.16. The topological polar surface area (TPSA) is 34.9 Å². The number of nitrogens with zero attached hydrogens (tertiary/aromatic N) is 2. The minimum absolute atomic E-state index is 0.150. The van der Waals surface area contributed by atoms with Crippen LogP contribution in [0.4, 0.5) is 0 Å². The smallest absolute Gasteiger partial charge is 0.153 e. The van der Waals surface area contributed by atoms with Crippen molar-refractivity contribution >= 4 is 17.9 Å². The van der Waals surface area contributed by atoms with Gasteiger partial charge in [-0.3, -0.25) is 9.48 Å². The molecule has 18 heavy (non-hydrogen) atoms. The van der Waals surface area contributed by atoms with Gasteiger partial charge in [-0.1, -0.05) is 23.7 Å².